The van der Waals surface area contributed by atoms with Gasteiger partial charge in [0.1, 0.15) is 5.82 Å². The summed E-state index contributed by atoms with van der Waals surface area (Å²) in [4.78, 5) is 11.7. The molecule has 2 unspecified atom stereocenters. The first-order valence-corrected chi connectivity index (χ1v) is 6.46. The van der Waals surface area contributed by atoms with E-state index in [2.05, 4.69) is 15.9 Å². The Morgan fingerprint density at radius 1 is 1.44 bits per heavy atom. The summed E-state index contributed by atoms with van der Waals surface area (Å²) in [5.41, 5.74) is 6.34. The van der Waals surface area contributed by atoms with Crippen molar-refractivity contribution in [2.75, 3.05) is 7.11 Å². The van der Waals surface area contributed by atoms with E-state index in [-0.39, 0.29) is 5.92 Å². The molecule has 0 bridgehead atoms. The van der Waals surface area contributed by atoms with Crippen molar-refractivity contribution in [2.24, 2.45) is 17.6 Å². The molecule has 0 saturated heterocycles. The summed E-state index contributed by atoms with van der Waals surface area (Å²) in [5, 5.41) is 0. The molecule has 2 atom stereocenters. The molecular formula is C13H17BrFNO2. The Labute approximate surface area is 115 Å². The van der Waals surface area contributed by atoms with Crippen molar-refractivity contribution in [1.29, 1.82) is 0 Å². The molecule has 0 radical (unpaired) electrons. The molecule has 0 aliphatic rings. The van der Waals surface area contributed by atoms with Gasteiger partial charge >= 0.3 is 5.97 Å². The van der Waals surface area contributed by atoms with Crippen LogP contribution in [0.25, 0.3) is 0 Å². The number of nitrogens with two attached hydrogens (primary N) is 1. The fourth-order valence-corrected chi connectivity index (χ4v) is 2.31. The molecule has 5 heteroatoms. The third-order valence-corrected chi connectivity index (χ3v) is 3.39. The van der Waals surface area contributed by atoms with E-state index in [1.807, 2.05) is 13.8 Å². The van der Waals surface area contributed by atoms with E-state index in [9.17, 15) is 9.18 Å². The van der Waals surface area contributed by atoms with Crippen molar-refractivity contribution in [2.45, 2.75) is 19.9 Å². The van der Waals surface area contributed by atoms with Gasteiger partial charge in [-0.3, -0.25) is 4.79 Å². The van der Waals surface area contributed by atoms with E-state index in [1.54, 1.807) is 12.1 Å². The third kappa shape index (κ3) is 3.29. The molecule has 1 aromatic carbocycles. The second kappa shape index (κ2) is 6.29. The number of ether oxygens (including phenoxy) is 1. The molecule has 0 aliphatic heterocycles. The number of halogens is 2. The molecule has 3 nitrogen and oxygen atoms in total. The lowest BCUT2D eigenvalue weighted by atomic mass is 9.85. The summed E-state index contributed by atoms with van der Waals surface area (Å²) < 4.78 is 19.2. The zero-order chi connectivity index (χ0) is 13.9. The maximum absolute atomic E-state index is 13.8. The van der Waals surface area contributed by atoms with Crippen LogP contribution in [0.1, 0.15) is 25.5 Å². The van der Waals surface area contributed by atoms with E-state index in [0.717, 1.165) is 4.47 Å². The van der Waals surface area contributed by atoms with E-state index in [1.165, 1.54) is 13.2 Å². The minimum atomic E-state index is -0.727. The summed E-state index contributed by atoms with van der Waals surface area (Å²) in [6, 6.07) is 3.79. The summed E-state index contributed by atoms with van der Waals surface area (Å²) >= 11 is 3.27. The van der Waals surface area contributed by atoms with Gasteiger partial charge in [-0.2, -0.15) is 0 Å². The molecule has 0 aromatic heterocycles. The number of carbonyl (C=O) groups is 1. The number of carbonyl (C=O) groups excluding carboxylic acids is 1. The van der Waals surface area contributed by atoms with Gasteiger partial charge in [0.05, 0.1) is 13.0 Å². The van der Waals surface area contributed by atoms with Crippen molar-refractivity contribution in [3.63, 3.8) is 0 Å². The predicted octanol–water partition coefficient (Wildman–Crippen LogP) is 3.03. The highest BCUT2D eigenvalue weighted by atomic mass is 79.9. The molecular weight excluding hydrogens is 301 g/mol. The quantitative estimate of drug-likeness (QED) is 0.868. The van der Waals surface area contributed by atoms with Gasteiger partial charge in [-0.15, -0.1) is 0 Å². The highest BCUT2D eigenvalue weighted by molar-refractivity contribution is 9.10. The Hall–Kier alpha value is -0.940. The van der Waals surface area contributed by atoms with Crippen molar-refractivity contribution in [1.82, 2.24) is 0 Å². The van der Waals surface area contributed by atoms with Crippen LogP contribution in [0, 0.1) is 17.7 Å². The van der Waals surface area contributed by atoms with Crippen molar-refractivity contribution >= 4 is 21.9 Å². The average Bonchev–Trinajstić information content (AvgIpc) is 2.31. The van der Waals surface area contributed by atoms with E-state index < -0.39 is 23.7 Å². The molecule has 2 N–H and O–H groups in total. The Morgan fingerprint density at radius 3 is 2.56 bits per heavy atom. The van der Waals surface area contributed by atoms with Gasteiger partial charge in [0.15, 0.2) is 0 Å². The number of rotatable bonds is 4. The van der Waals surface area contributed by atoms with Gasteiger partial charge in [-0.25, -0.2) is 4.39 Å². The smallest absolute Gasteiger partial charge is 0.310 e. The molecule has 1 rings (SSSR count). The summed E-state index contributed by atoms with van der Waals surface area (Å²) in [7, 11) is 1.31. The second-order valence-electron chi connectivity index (χ2n) is 4.48. The predicted molar refractivity (Wildman–Crippen MR) is 71.4 cm³/mol. The van der Waals surface area contributed by atoms with Crippen LogP contribution in [0.15, 0.2) is 22.7 Å². The van der Waals surface area contributed by atoms with Crippen LogP contribution in [0.2, 0.25) is 0 Å². The van der Waals surface area contributed by atoms with Gasteiger partial charge in [0.25, 0.3) is 0 Å². The normalized spacial score (nSPS) is 14.4. The SMILES string of the molecule is COC(=O)C(C(C)C)C(N)c1cc(Br)ccc1F. The highest BCUT2D eigenvalue weighted by Gasteiger charge is 2.32. The Bertz CT molecular complexity index is 437. The molecule has 0 aliphatic carbocycles. The number of methoxy groups -OCH3 is 1. The molecule has 1 aromatic rings. The van der Waals surface area contributed by atoms with Crippen molar-refractivity contribution in [3.8, 4) is 0 Å². The fraction of sp³-hybridized carbons (Fsp3) is 0.462. The maximum atomic E-state index is 13.8. The Morgan fingerprint density at radius 2 is 2.06 bits per heavy atom. The van der Waals surface area contributed by atoms with Crippen LogP contribution >= 0.6 is 15.9 Å². The molecule has 0 amide bonds. The Kier molecular flexibility index (Phi) is 5.28. The van der Waals surface area contributed by atoms with Gasteiger partial charge < -0.3 is 10.5 Å². The maximum Gasteiger partial charge on any atom is 0.310 e. The molecule has 0 spiro atoms. The Balaban J connectivity index is 3.13. The van der Waals surface area contributed by atoms with Gasteiger partial charge in [0, 0.05) is 16.1 Å². The van der Waals surface area contributed by atoms with E-state index in [0.29, 0.717) is 5.56 Å². The van der Waals surface area contributed by atoms with Crippen LogP contribution in [-0.4, -0.2) is 13.1 Å². The van der Waals surface area contributed by atoms with Crippen LogP contribution in [0.4, 0.5) is 4.39 Å². The summed E-state index contributed by atoms with van der Waals surface area (Å²) in [5.74, 6) is -1.44. The zero-order valence-electron chi connectivity index (χ0n) is 10.6. The first kappa shape index (κ1) is 15.1. The topological polar surface area (TPSA) is 52.3 Å². The van der Waals surface area contributed by atoms with E-state index in [4.69, 9.17) is 10.5 Å². The molecule has 0 fully saturated rings. The number of hydrogen-bond donors (Lipinski definition) is 1. The van der Waals surface area contributed by atoms with Crippen LogP contribution in [-0.2, 0) is 9.53 Å². The second-order valence-corrected chi connectivity index (χ2v) is 5.40. The zero-order valence-corrected chi connectivity index (χ0v) is 12.2. The highest BCUT2D eigenvalue weighted by Crippen LogP contribution is 2.30. The average molecular weight is 318 g/mol. The third-order valence-electron chi connectivity index (χ3n) is 2.90. The largest absolute Gasteiger partial charge is 0.469 e. The number of benzene rings is 1. The lowest BCUT2D eigenvalue weighted by Crippen LogP contribution is -2.33. The van der Waals surface area contributed by atoms with Gasteiger partial charge in [-0.1, -0.05) is 29.8 Å². The van der Waals surface area contributed by atoms with Crippen LogP contribution in [0.5, 0.6) is 0 Å². The molecule has 100 valence electrons. The minimum absolute atomic E-state index is 0.0363. The molecule has 0 saturated carbocycles. The summed E-state index contributed by atoms with van der Waals surface area (Å²) in [6.45, 7) is 3.72. The monoisotopic (exact) mass is 317 g/mol. The van der Waals surface area contributed by atoms with Crippen LogP contribution in [0.3, 0.4) is 0 Å². The summed E-state index contributed by atoms with van der Waals surface area (Å²) in [6.07, 6.45) is 0. The fourth-order valence-electron chi connectivity index (χ4n) is 1.93. The van der Waals surface area contributed by atoms with Crippen molar-refractivity contribution < 1.29 is 13.9 Å². The van der Waals surface area contributed by atoms with Gasteiger partial charge in [-0.05, 0) is 24.1 Å². The standard InChI is InChI=1S/C13H17BrFNO2/c1-7(2)11(13(17)18-3)12(16)9-6-8(14)4-5-10(9)15/h4-7,11-12H,16H2,1-3H3. The van der Waals surface area contributed by atoms with Gasteiger partial charge in [0.2, 0.25) is 0 Å². The number of esters is 1. The molecule has 18 heavy (non-hydrogen) atoms. The number of hydrogen-bond acceptors (Lipinski definition) is 3. The molecule has 0 heterocycles. The first-order valence-electron chi connectivity index (χ1n) is 5.66. The lowest BCUT2D eigenvalue weighted by Gasteiger charge is -2.25. The van der Waals surface area contributed by atoms with Crippen LogP contribution < -0.4 is 5.73 Å². The lowest BCUT2D eigenvalue weighted by molar-refractivity contribution is -0.148. The minimum Gasteiger partial charge on any atom is -0.469 e. The van der Waals surface area contributed by atoms with E-state index >= 15 is 0 Å². The first-order chi connectivity index (χ1) is 8.38. The van der Waals surface area contributed by atoms with Crippen molar-refractivity contribution in [3.05, 3.63) is 34.1 Å².